The van der Waals surface area contributed by atoms with E-state index < -0.39 is 12.7 Å². The van der Waals surface area contributed by atoms with Crippen LogP contribution in [0.25, 0.3) is 10.9 Å². The fourth-order valence-electron chi connectivity index (χ4n) is 5.09. The number of halogens is 3. The van der Waals surface area contributed by atoms with E-state index in [1.54, 1.807) is 18.5 Å². The van der Waals surface area contributed by atoms with Crippen molar-refractivity contribution in [1.29, 1.82) is 0 Å². The molecule has 1 aliphatic rings. The van der Waals surface area contributed by atoms with Crippen molar-refractivity contribution in [3.8, 4) is 17.2 Å². The molecule has 0 saturated carbocycles. The molecule has 0 spiro atoms. The van der Waals surface area contributed by atoms with Crippen LogP contribution in [0.5, 0.6) is 17.2 Å². The predicted octanol–water partition coefficient (Wildman–Crippen LogP) is 6.87. The lowest BCUT2D eigenvalue weighted by molar-refractivity contribution is -0.149. The number of carbonyl (C=O) groups excluding carboxylic acids is 1. The molecule has 3 heterocycles. The number of hydrogen-bond acceptors (Lipinski definition) is 6. The summed E-state index contributed by atoms with van der Waals surface area (Å²) in [5, 5.41) is 7.98. The molecule has 0 bridgehead atoms. The lowest BCUT2D eigenvalue weighted by Crippen LogP contribution is -2.42. The molecule has 5 rings (SSSR count). The third-order valence-corrected chi connectivity index (χ3v) is 7.29. The highest BCUT2D eigenvalue weighted by Gasteiger charge is 2.33. The number of nitrogens with zero attached hydrogens (tertiary/aromatic N) is 4. The van der Waals surface area contributed by atoms with Gasteiger partial charge in [0.2, 0.25) is 5.91 Å². The predicted molar refractivity (Wildman–Crippen MR) is 159 cm³/mol. The summed E-state index contributed by atoms with van der Waals surface area (Å²) in [5.74, 6) is 1.72. The van der Waals surface area contributed by atoms with Crippen LogP contribution in [0.15, 0.2) is 61.1 Å². The van der Waals surface area contributed by atoms with E-state index in [0.717, 1.165) is 22.0 Å². The summed E-state index contributed by atoms with van der Waals surface area (Å²) in [4.78, 5) is 18.5. The lowest BCUT2D eigenvalue weighted by Gasteiger charge is -2.32. The highest BCUT2D eigenvalue weighted by Crippen LogP contribution is 2.34. The maximum atomic E-state index is 12.7. The van der Waals surface area contributed by atoms with E-state index in [0.29, 0.717) is 48.9 Å². The van der Waals surface area contributed by atoms with Gasteiger partial charge in [0.05, 0.1) is 35.9 Å². The van der Waals surface area contributed by atoms with Crippen molar-refractivity contribution in [2.24, 2.45) is 0 Å². The van der Waals surface area contributed by atoms with Gasteiger partial charge < -0.3 is 14.8 Å². The monoisotopic (exact) mass is 595 g/mol. The fraction of sp³-hybridized carbons (Fsp3) is 0.406. The molecule has 4 aromatic rings. The first-order valence-electron chi connectivity index (χ1n) is 14.3. The van der Waals surface area contributed by atoms with Crippen molar-refractivity contribution >= 4 is 22.5 Å². The summed E-state index contributed by atoms with van der Waals surface area (Å²) in [6.45, 7) is 7.83. The number of pyridine rings is 1. The average molecular weight is 596 g/mol. The fourth-order valence-corrected chi connectivity index (χ4v) is 5.09. The number of amides is 1. The van der Waals surface area contributed by atoms with Gasteiger partial charge in [0.25, 0.3) is 0 Å². The van der Waals surface area contributed by atoms with Crippen LogP contribution in [0.3, 0.4) is 0 Å². The first-order valence-corrected chi connectivity index (χ1v) is 14.3. The Kier molecular flexibility index (Phi) is 8.64. The lowest BCUT2D eigenvalue weighted by atomic mass is 10.1. The van der Waals surface area contributed by atoms with E-state index in [4.69, 9.17) is 9.47 Å². The van der Waals surface area contributed by atoms with E-state index in [2.05, 4.69) is 15.4 Å². The third kappa shape index (κ3) is 8.04. The standard InChI is InChI=1S/C32H36F3N5O3/c1-21-15-22(16-30(41)38-23-18-37-40(19-23)31(2,3)4)5-8-28(21)43-29-9-12-36-27-7-6-25(17-26(27)29)42-24-10-13-39(14-11-24)20-32(33,34)35/h5-9,12,15,17-19,24H,10-11,13-14,16,20H2,1-4H3,(H,38,41). The Morgan fingerprint density at radius 1 is 1.05 bits per heavy atom. The number of benzene rings is 2. The van der Waals surface area contributed by atoms with Crippen molar-refractivity contribution in [1.82, 2.24) is 19.7 Å². The van der Waals surface area contributed by atoms with Crippen molar-refractivity contribution in [2.75, 3.05) is 25.0 Å². The van der Waals surface area contributed by atoms with Crippen LogP contribution in [0.1, 0.15) is 44.7 Å². The van der Waals surface area contributed by atoms with Crippen molar-refractivity contribution in [3.05, 3.63) is 72.2 Å². The van der Waals surface area contributed by atoms with Gasteiger partial charge in [-0.2, -0.15) is 18.3 Å². The second kappa shape index (κ2) is 12.2. The molecule has 2 aromatic heterocycles. The van der Waals surface area contributed by atoms with Gasteiger partial charge in [-0.25, -0.2) is 0 Å². The molecular weight excluding hydrogens is 559 g/mol. The largest absolute Gasteiger partial charge is 0.490 e. The van der Waals surface area contributed by atoms with Gasteiger partial charge >= 0.3 is 6.18 Å². The summed E-state index contributed by atoms with van der Waals surface area (Å²) in [6, 6.07) is 12.9. The topological polar surface area (TPSA) is 81.5 Å². The number of aryl methyl sites for hydroxylation is 1. The molecule has 43 heavy (non-hydrogen) atoms. The minimum Gasteiger partial charge on any atom is -0.490 e. The van der Waals surface area contributed by atoms with Crippen LogP contribution in [-0.2, 0) is 16.8 Å². The molecule has 228 valence electrons. The first kappa shape index (κ1) is 30.3. The van der Waals surface area contributed by atoms with E-state index in [1.165, 1.54) is 4.90 Å². The zero-order valence-corrected chi connectivity index (χ0v) is 24.7. The Hall–Kier alpha value is -4.12. The molecule has 11 heteroatoms. The van der Waals surface area contributed by atoms with Gasteiger partial charge in [0.15, 0.2) is 0 Å². The van der Waals surface area contributed by atoms with Gasteiger partial charge in [-0.1, -0.05) is 12.1 Å². The number of alkyl halides is 3. The number of piperidine rings is 1. The number of hydrogen-bond donors (Lipinski definition) is 1. The smallest absolute Gasteiger partial charge is 0.401 e. The molecule has 8 nitrogen and oxygen atoms in total. The average Bonchev–Trinajstić information content (AvgIpc) is 3.40. The summed E-state index contributed by atoms with van der Waals surface area (Å²) < 4.78 is 52.4. The number of ether oxygens (including phenoxy) is 2. The van der Waals surface area contributed by atoms with Crippen LogP contribution in [-0.4, -0.2) is 57.5 Å². The minimum absolute atomic E-state index is 0.139. The number of nitrogens with one attached hydrogen (secondary N) is 1. The van der Waals surface area contributed by atoms with Gasteiger partial charge in [-0.3, -0.25) is 19.4 Å². The Labute approximate surface area is 248 Å². The minimum atomic E-state index is -4.19. The molecule has 1 fully saturated rings. The van der Waals surface area contributed by atoms with E-state index in [9.17, 15) is 18.0 Å². The maximum absolute atomic E-state index is 12.7. The molecule has 1 aliphatic heterocycles. The summed E-state index contributed by atoms with van der Waals surface area (Å²) in [5.41, 5.74) is 2.92. The third-order valence-electron chi connectivity index (χ3n) is 7.29. The van der Waals surface area contributed by atoms with Crippen LogP contribution in [0.4, 0.5) is 18.9 Å². The van der Waals surface area contributed by atoms with E-state index in [-0.39, 0.29) is 24.0 Å². The number of fused-ring (bicyclic) bond motifs is 1. The van der Waals surface area contributed by atoms with Crippen LogP contribution in [0.2, 0.25) is 0 Å². The second-order valence-electron chi connectivity index (χ2n) is 12.0. The highest BCUT2D eigenvalue weighted by atomic mass is 19.4. The molecule has 0 unspecified atom stereocenters. The van der Waals surface area contributed by atoms with Crippen LogP contribution in [0, 0.1) is 6.92 Å². The maximum Gasteiger partial charge on any atom is 0.401 e. The molecule has 1 amide bonds. The Balaban J connectivity index is 1.23. The van der Waals surface area contributed by atoms with E-state index in [1.807, 2.05) is 75.0 Å². The van der Waals surface area contributed by atoms with Crippen LogP contribution < -0.4 is 14.8 Å². The van der Waals surface area contributed by atoms with Crippen molar-refractivity contribution in [3.63, 3.8) is 0 Å². The number of aromatic nitrogens is 3. The number of carbonyl (C=O) groups is 1. The van der Waals surface area contributed by atoms with Gasteiger partial charge in [0.1, 0.15) is 23.4 Å². The summed E-state index contributed by atoms with van der Waals surface area (Å²) >= 11 is 0. The molecule has 0 radical (unpaired) electrons. The van der Waals surface area contributed by atoms with Crippen molar-refractivity contribution in [2.45, 2.75) is 64.8 Å². The van der Waals surface area contributed by atoms with E-state index >= 15 is 0 Å². The molecule has 1 saturated heterocycles. The van der Waals surface area contributed by atoms with Gasteiger partial charge in [0, 0.05) is 30.9 Å². The Morgan fingerprint density at radius 2 is 1.81 bits per heavy atom. The van der Waals surface area contributed by atoms with Crippen LogP contribution >= 0.6 is 0 Å². The second-order valence-corrected chi connectivity index (χ2v) is 12.0. The van der Waals surface area contributed by atoms with Crippen molar-refractivity contribution < 1.29 is 27.4 Å². The first-order chi connectivity index (χ1) is 20.3. The quantitative estimate of drug-likeness (QED) is 0.239. The molecule has 2 aromatic carbocycles. The summed E-state index contributed by atoms with van der Waals surface area (Å²) in [6.07, 6.45) is 2.02. The number of likely N-dealkylation sites (tertiary alicyclic amines) is 1. The SMILES string of the molecule is Cc1cc(CC(=O)Nc2cnn(C(C)(C)C)c2)ccc1Oc1ccnc2ccc(OC3CCN(CC(F)(F)F)CC3)cc12. The normalized spacial score (nSPS) is 15.0. The Morgan fingerprint density at radius 3 is 2.49 bits per heavy atom. The summed E-state index contributed by atoms with van der Waals surface area (Å²) in [7, 11) is 0. The molecular formula is C32H36F3N5O3. The van der Waals surface area contributed by atoms with Gasteiger partial charge in [-0.05, 0) is 82.0 Å². The Bertz CT molecular complexity index is 1590. The zero-order valence-electron chi connectivity index (χ0n) is 24.7. The number of rotatable bonds is 8. The highest BCUT2D eigenvalue weighted by molar-refractivity contribution is 5.92. The zero-order chi connectivity index (χ0) is 30.8. The van der Waals surface area contributed by atoms with Gasteiger partial charge in [-0.15, -0.1) is 0 Å². The molecule has 1 N–H and O–H groups in total. The number of anilines is 1. The molecule has 0 aliphatic carbocycles. The molecule has 0 atom stereocenters.